The van der Waals surface area contributed by atoms with Crippen molar-refractivity contribution >= 4 is 11.8 Å². The number of benzene rings is 6. The van der Waals surface area contributed by atoms with Gasteiger partial charge in [0.2, 0.25) is 0 Å². The van der Waals surface area contributed by atoms with E-state index in [1.165, 1.54) is 60.3 Å². The summed E-state index contributed by atoms with van der Waals surface area (Å²) in [4.78, 5) is 1.80. The van der Waals surface area contributed by atoms with Crippen molar-refractivity contribution < 1.29 is 17.6 Å². The van der Waals surface area contributed by atoms with Gasteiger partial charge in [-0.25, -0.2) is 17.6 Å². The highest BCUT2D eigenvalue weighted by atomic mass is 32.2. The minimum absolute atomic E-state index is 0.329. The van der Waals surface area contributed by atoms with Crippen LogP contribution in [-0.2, 0) is 0 Å². The van der Waals surface area contributed by atoms with E-state index in [2.05, 4.69) is 0 Å². The first-order chi connectivity index (χ1) is 20.0. The largest absolute Gasteiger partial charge is 0.207 e. The Morgan fingerprint density at radius 3 is 0.927 bits per heavy atom. The van der Waals surface area contributed by atoms with Crippen molar-refractivity contribution in [3.05, 3.63) is 157 Å². The van der Waals surface area contributed by atoms with Crippen LogP contribution in [0.3, 0.4) is 0 Å². The van der Waals surface area contributed by atoms with Crippen LogP contribution in [0.5, 0.6) is 0 Å². The van der Waals surface area contributed by atoms with E-state index in [1.807, 2.05) is 36.4 Å². The van der Waals surface area contributed by atoms with Gasteiger partial charge < -0.3 is 0 Å². The molecule has 0 atom stereocenters. The number of rotatable bonds is 6. The highest BCUT2D eigenvalue weighted by molar-refractivity contribution is 7.99. The first-order valence-corrected chi connectivity index (χ1v) is 13.8. The van der Waals surface area contributed by atoms with E-state index in [0.717, 1.165) is 54.3 Å². The maximum absolute atomic E-state index is 13.9. The van der Waals surface area contributed by atoms with Crippen molar-refractivity contribution in [2.24, 2.45) is 0 Å². The van der Waals surface area contributed by atoms with E-state index in [9.17, 15) is 17.6 Å². The molecule has 0 aromatic heterocycles. The summed E-state index contributed by atoms with van der Waals surface area (Å²) >= 11 is 1.53. The lowest BCUT2D eigenvalue weighted by Crippen LogP contribution is -1.92. The van der Waals surface area contributed by atoms with Gasteiger partial charge in [-0.2, -0.15) is 0 Å². The first-order valence-electron chi connectivity index (χ1n) is 12.9. The molecule has 0 bridgehead atoms. The van der Waals surface area contributed by atoms with Crippen LogP contribution in [0.15, 0.2) is 143 Å². The molecular weight excluding hydrogens is 540 g/mol. The van der Waals surface area contributed by atoms with Crippen LogP contribution in [0.25, 0.3) is 44.5 Å². The maximum Gasteiger partial charge on any atom is 0.123 e. The molecule has 6 aromatic rings. The Morgan fingerprint density at radius 2 is 0.610 bits per heavy atom. The average molecular weight is 563 g/mol. The first kappa shape index (κ1) is 26.6. The Bertz CT molecular complexity index is 1670. The van der Waals surface area contributed by atoms with Crippen LogP contribution >= 0.6 is 11.8 Å². The van der Waals surface area contributed by atoms with Crippen LogP contribution < -0.4 is 0 Å². The van der Waals surface area contributed by atoms with E-state index in [0.29, 0.717) is 0 Å². The fourth-order valence-corrected chi connectivity index (χ4v) is 6.11. The van der Waals surface area contributed by atoms with Gasteiger partial charge in [0.25, 0.3) is 0 Å². The zero-order valence-corrected chi connectivity index (χ0v) is 22.4. The van der Waals surface area contributed by atoms with Crippen molar-refractivity contribution in [1.29, 1.82) is 0 Å². The predicted molar refractivity (Wildman–Crippen MR) is 159 cm³/mol. The van der Waals surface area contributed by atoms with Crippen molar-refractivity contribution in [3.8, 4) is 44.5 Å². The highest BCUT2D eigenvalue weighted by Gasteiger charge is 2.18. The molecule has 6 rings (SSSR count). The fourth-order valence-electron chi connectivity index (χ4n) is 4.92. The molecule has 0 fully saturated rings. The molecule has 41 heavy (non-hydrogen) atoms. The lowest BCUT2D eigenvalue weighted by Gasteiger charge is -2.19. The van der Waals surface area contributed by atoms with Gasteiger partial charge >= 0.3 is 0 Å². The molecule has 200 valence electrons. The van der Waals surface area contributed by atoms with E-state index in [1.54, 1.807) is 48.5 Å². The summed E-state index contributed by atoms with van der Waals surface area (Å²) < 4.78 is 55.4. The number of hydrogen-bond acceptors (Lipinski definition) is 1. The molecule has 0 amide bonds. The molecule has 0 nitrogen and oxygen atoms in total. The monoisotopic (exact) mass is 562 g/mol. The van der Waals surface area contributed by atoms with E-state index in [4.69, 9.17) is 0 Å². The molecule has 0 saturated carbocycles. The number of halogens is 4. The summed E-state index contributed by atoms with van der Waals surface area (Å²) in [6, 6.07) is 37.0. The Kier molecular flexibility index (Phi) is 7.45. The standard InChI is InChI=1S/C36H22F4S/c37-27-15-7-23(8-16-27)31-3-1-5-33(35(31)25-11-19-29(39)20-12-25)41-34-6-2-4-32(24-9-17-28(38)18-10-24)36(34)26-13-21-30(40)22-14-26/h1-22H. The van der Waals surface area contributed by atoms with Gasteiger partial charge in [-0.1, -0.05) is 84.6 Å². The van der Waals surface area contributed by atoms with Gasteiger partial charge in [-0.3, -0.25) is 0 Å². The van der Waals surface area contributed by atoms with Gasteiger partial charge in [-0.15, -0.1) is 0 Å². The van der Waals surface area contributed by atoms with Crippen LogP contribution in [-0.4, -0.2) is 0 Å². The molecule has 0 spiro atoms. The average Bonchev–Trinajstić information content (AvgIpc) is 2.99. The molecule has 0 aliphatic rings. The maximum atomic E-state index is 13.9. The molecule has 0 radical (unpaired) electrons. The van der Waals surface area contributed by atoms with Crippen LogP contribution in [0, 0.1) is 23.3 Å². The molecule has 0 heterocycles. The molecular formula is C36H22F4S. The zero-order chi connectivity index (χ0) is 28.3. The quantitative estimate of drug-likeness (QED) is 0.182. The number of hydrogen-bond donors (Lipinski definition) is 0. The second kappa shape index (κ2) is 11.5. The summed E-state index contributed by atoms with van der Waals surface area (Å²) in [6.45, 7) is 0. The van der Waals surface area contributed by atoms with Crippen LogP contribution in [0.1, 0.15) is 0 Å². The Labute approximate surface area is 240 Å². The summed E-state index contributed by atoms with van der Waals surface area (Å²) in [5.74, 6) is -1.34. The van der Waals surface area contributed by atoms with Crippen molar-refractivity contribution in [2.45, 2.75) is 9.79 Å². The van der Waals surface area contributed by atoms with Gasteiger partial charge in [-0.05, 0) is 94.0 Å². The molecule has 0 aliphatic heterocycles. The summed E-state index contributed by atoms with van der Waals surface area (Å²) in [7, 11) is 0. The van der Waals surface area contributed by atoms with Gasteiger partial charge in [0.15, 0.2) is 0 Å². The van der Waals surface area contributed by atoms with Gasteiger partial charge in [0.05, 0.1) is 0 Å². The third-order valence-corrected chi connectivity index (χ3v) is 7.97. The van der Waals surface area contributed by atoms with Crippen molar-refractivity contribution in [3.63, 3.8) is 0 Å². The molecule has 0 unspecified atom stereocenters. The fraction of sp³-hybridized carbons (Fsp3) is 0. The summed E-state index contributed by atoms with van der Waals surface area (Å²) in [6.07, 6.45) is 0. The highest BCUT2D eigenvalue weighted by Crippen LogP contribution is 2.47. The second-order valence-corrected chi connectivity index (χ2v) is 10.6. The molecule has 5 heteroatoms. The third-order valence-electron chi connectivity index (χ3n) is 6.85. The Morgan fingerprint density at radius 1 is 0.317 bits per heavy atom. The topological polar surface area (TPSA) is 0 Å². The van der Waals surface area contributed by atoms with Crippen molar-refractivity contribution in [2.75, 3.05) is 0 Å². The van der Waals surface area contributed by atoms with E-state index < -0.39 is 0 Å². The molecule has 0 N–H and O–H groups in total. The minimum atomic E-state index is -0.340. The van der Waals surface area contributed by atoms with Gasteiger partial charge in [0, 0.05) is 20.9 Å². The lowest BCUT2D eigenvalue weighted by atomic mass is 9.94. The summed E-state index contributed by atoms with van der Waals surface area (Å²) in [5.41, 5.74) is 6.78. The normalized spacial score (nSPS) is 11.0. The van der Waals surface area contributed by atoms with E-state index in [-0.39, 0.29) is 23.3 Å². The summed E-state index contributed by atoms with van der Waals surface area (Å²) in [5, 5.41) is 0. The zero-order valence-electron chi connectivity index (χ0n) is 21.6. The Hall–Kier alpha value is -4.61. The molecule has 6 aromatic carbocycles. The van der Waals surface area contributed by atoms with Crippen molar-refractivity contribution in [1.82, 2.24) is 0 Å². The molecule has 0 saturated heterocycles. The predicted octanol–water partition coefficient (Wildman–Crippen LogP) is 11.1. The van der Waals surface area contributed by atoms with Crippen LogP contribution in [0.2, 0.25) is 0 Å². The third kappa shape index (κ3) is 5.67. The minimum Gasteiger partial charge on any atom is -0.207 e. The SMILES string of the molecule is Fc1ccc(-c2cccc(Sc3cccc(-c4ccc(F)cc4)c3-c3ccc(F)cc3)c2-c2ccc(F)cc2)cc1. The second-order valence-electron chi connectivity index (χ2n) is 9.49. The smallest absolute Gasteiger partial charge is 0.123 e. The lowest BCUT2D eigenvalue weighted by molar-refractivity contribution is 0.627. The van der Waals surface area contributed by atoms with Gasteiger partial charge in [0.1, 0.15) is 23.3 Å². The Balaban J connectivity index is 1.56. The molecule has 0 aliphatic carbocycles. The van der Waals surface area contributed by atoms with Crippen LogP contribution in [0.4, 0.5) is 17.6 Å². The van der Waals surface area contributed by atoms with E-state index >= 15 is 0 Å².